The number of amides is 1. The average molecular weight is 313 g/mol. The fraction of sp³-hybridized carbons (Fsp3) is 0.421. The fourth-order valence-corrected chi connectivity index (χ4v) is 2.72. The Morgan fingerprint density at radius 1 is 1.22 bits per heavy atom. The molecule has 1 aromatic heterocycles. The lowest BCUT2D eigenvalue weighted by molar-refractivity contribution is 0.0237. The number of likely N-dealkylation sites (tertiary alicyclic amines) is 1. The Bertz CT molecular complexity index is 693. The predicted octanol–water partition coefficient (Wildman–Crippen LogP) is 4.85. The van der Waals surface area contributed by atoms with Gasteiger partial charge >= 0.3 is 6.09 Å². The van der Waals surface area contributed by atoms with Crippen molar-refractivity contribution in [1.29, 1.82) is 0 Å². The molecule has 0 saturated carbocycles. The van der Waals surface area contributed by atoms with Gasteiger partial charge in [0.2, 0.25) is 0 Å². The number of carbonyl (C=O) groups excluding carboxylic acids is 1. The van der Waals surface area contributed by atoms with Gasteiger partial charge in [-0.3, -0.25) is 0 Å². The molecule has 3 rings (SSSR count). The molecule has 1 fully saturated rings. The second-order valence-corrected chi connectivity index (χ2v) is 6.96. The van der Waals surface area contributed by atoms with E-state index in [0.717, 1.165) is 29.6 Å². The Morgan fingerprint density at radius 3 is 2.57 bits per heavy atom. The number of hydrogen-bond donors (Lipinski definition) is 0. The molecule has 1 saturated heterocycles. The van der Waals surface area contributed by atoms with Gasteiger partial charge in [-0.05, 0) is 51.8 Å². The Morgan fingerprint density at radius 2 is 1.91 bits per heavy atom. The first-order valence-corrected chi connectivity index (χ1v) is 8.07. The van der Waals surface area contributed by atoms with E-state index >= 15 is 0 Å². The van der Waals surface area contributed by atoms with Crippen molar-refractivity contribution in [1.82, 2.24) is 4.90 Å². The summed E-state index contributed by atoms with van der Waals surface area (Å²) in [6.07, 6.45) is 3.60. The van der Waals surface area contributed by atoms with E-state index in [9.17, 15) is 4.79 Å². The third-order valence-corrected chi connectivity index (χ3v) is 3.85. The Hall–Kier alpha value is -2.23. The van der Waals surface area contributed by atoms with E-state index in [4.69, 9.17) is 9.15 Å². The summed E-state index contributed by atoms with van der Waals surface area (Å²) >= 11 is 0. The Labute approximate surface area is 136 Å². The summed E-state index contributed by atoms with van der Waals surface area (Å²) in [4.78, 5) is 13.8. The summed E-state index contributed by atoms with van der Waals surface area (Å²) in [5, 5.41) is 1.12. The Balaban J connectivity index is 1.63. The smallest absolute Gasteiger partial charge is 0.410 e. The molecule has 1 aliphatic heterocycles. The van der Waals surface area contributed by atoms with Crippen LogP contribution in [0.25, 0.3) is 17.0 Å². The Kier molecular flexibility index (Phi) is 4.16. The van der Waals surface area contributed by atoms with Gasteiger partial charge in [-0.25, -0.2) is 4.79 Å². The molecule has 0 spiro atoms. The molecule has 0 bridgehead atoms. The highest BCUT2D eigenvalue weighted by atomic mass is 16.6. The molecule has 4 heteroatoms. The number of furan rings is 1. The molecule has 1 amide bonds. The van der Waals surface area contributed by atoms with Crippen LogP contribution in [0.1, 0.15) is 39.4 Å². The van der Waals surface area contributed by atoms with Crippen LogP contribution in [-0.4, -0.2) is 29.7 Å². The van der Waals surface area contributed by atoms with Gasteiger partial charge in [0.1, 0.15) is 16.9 Å². The predicted molar refractivity (Wildman–Crippen MR) is 91.2 cm³/mol. The van der Waals surface area contributed by atoms with Crippen LogP contribution in [0.3, 0.4) is 0 Å². The second kappa shape index (κ2) is 6.11. The molecule has 0 radical (unpaired) electrons. The maximum Gasteiger partial charge on any atom is 0.410 e. The van der Waals surface area contributed by atoms with Gasteiger partial charge in [0, 0.05) is 18.5 Å². The lowest BCUT2D eigenvalue weighted by atomic mass is 10.0. The highest BCUT2D eigenvalue weighted by Crippen LogP contribution is 2.25. The van der Waals surface area contributed by atoms with Crippen molar-refractivity contribution in [3.8, 4) is 0 Å². The number of rotatable bonds is 1. The second-order valence-electron chi connectivity index (χ2n) is 6.96. The van der Waals surface area contributed by atoms with Crippen LogP contribution >= 0.6 is 0 Å². The molecule has 0 unspecified atom stereocenters. The van der Waals surface area contributed by atoms with Crippen LogP contribution in [0.4, 0.5) is 4.79 Å². The highest BCUT2D eigenvalue weighted by Gasteiger charge is 2.24. The molecule has 1 aromatic carbocycles. The van der Waals surface area contributed by atoms with Crippen LogP contribution in [0, 0.1) is 0 Å². The first kappa shape index (κ1) is 15.7. The summed E-state index contributed by atoms with van der Waals surface area (Å²) in [6.45, 7) is 7.06. The van der Waals surface area contributed by atoms with E-state index in [-0.39, 0.29) is 6.09 Å². The molecule has 0 N–H and O–H groups in total. The van der Waals surface area contributed by atoms with Gasteiger partial charge in [-0.2, -0.15) is 0 Å². The summed E-state index contributed by atoms with van der Waals surface area (Å²) < 4.78 is 11.2. The van der Waals surface area contributed by atoms with Gasteiger partial charge in [0.15, 0.2) is 0 Å². The number of carbonyl (C=O) groups is 1. The molecule has 4 nitrogen and oxygen atoms in total. The van der Waals surface area contributed by atoms with E-state index in [2.05, 4.69) is 12.1 Å². The highest BCUT2D eigenvalue weighted by molar-refractivity contribution is 5.80. The number of benzene rings is 1. The van der Waals surface area contributed by atoms with Gasteiger partial charge in [0.05, 0.1) is 0 Å². The van der Waals surface area contributed by atoms with Gasteiger partial charge in [-0.15, -0.1) is 0 Å². The zero-order valence-corrected chi connectivity index (χ0v) is 14.0. The van der Waals surface area contributed by atoms with Crippen LogP contribution in [0.2, 0.25) is 0 Å². The summed E-state index contributed by atoms with van der Waals surface area (Å²) in [5.41, 5.74) is 1.77. The van der Waals surface area contributed by atoms with Crippen molar-refractivity contribution in [2.24, 2.45) is 0 Å². The van der Waals surface area contributed by atoms with Crippen molar-refractivity contribution in [3.05, 3.63) is 41.7 Å². The number of nitrogens with zero attached hydrogens (tertiary/aromatic N) is 1. The van der Waals surface area contributed by atoms with E-state index < -0.39 is 5.60 Å². The molecular weight excluding hydrogens is 290 g/mol. The summed E-state index contributed by atoms with van der Waals surface area (Å²) in [6, 6.07) is 10.1. The van der Waals surface area contributed by atoms with Crippen molar-refractivity contribution in [3.63, 3.8) is 0 Å². The first-order chi connectivity index (χ1) is 10.9. The summed E-state index contributed by atoms with van der Waals surface area (Å²) in [7, 11) is 0. The van der Waals surface area contributed by atoms with Crippen molar-refractivity contribution < 1.29 is 13.9 Å². The third kappa shape index (κ3) is 3.95. The molecule has 1 aliphatic rings. The molecular formula is C19H23NO3. The number of ether oxygens (including phenoxy) is 1. The number of piperidine rings is 1. The normalized spacial score (nSPS) is 15.8. The number of fused-ring (bicyclic) bond motifs is 1. The van der Waals surface area contributed by atoms with Crippen LogP contribution < -0.4 is 0 Å². The van der Waals surface area contributed by atoms with Crippen molar-refractivity contribution in [2.75, 3.05) is 13.1 Å². The summed E-state index contributed by atoms with van der Waals surface area (Å²) in [5.74, 6) is 0.881. The minimum atomic E-state index is -0.443. The zero-order chi connectivity index (χ0) is 16.4. The van der Waals surface area contributed by atoms with Gasteiger partial charge < -0.3 is 14.1 Å². The van der Waals surface area contributed by atoms with Crippen molar-refractivity contribution in [2.45, 2.75) is 39.2 Å². The monoisotopic (exact) mass is 313 g/mol. The van der Waals surface area contributed by atoms with Crippen molar-refractivity contribution >= 4 is 23.1 Å². The van der Waals surface area contributed by atoms with E-state index in [1.165, 1.54) is 5.57 Å². The van der Waals surface area contributed by atoms with E-state index in [0.29, 0.717) is 13.1 Å². The number of para-hydroxylation sites is 1. The third-order valence-electron chi connectivity index (χ3n) is 3.85. The molecule has 0 aliphatic carbocycles. The number of hydrogen-bond acceptors (Lipinski definition) is 3. The molecule has 122 valence electrons. The molecule has 2 aromatic rings. The fourth-order valence-electron chi connectivity index (χ4n) is 2.72. The molecule has 23 heavy (non-hydrogen) atoms. The van der Waals surface area contributed by atoms with Crippen LogP contribution in [0.15, 0.2) is 40.3 Å². The lowest BCUT2D eigenvalue weighted by Crippen LogP contribution is -2.40. The average Bonchev–Trinajstić information content (AvgIpc) is 2.88. The minimum Gasteiger partial charge on any atom is -0.457 e. The maximum absolute atomic E-state index is 12.1. The zero-order valence-electron chi connectivity index (χ0n) is 14.0. The van der Waals surface area contributed by atoms with Gasteiger partial charge in [-0.1, -0.05) is 23.8 Å². The topological polar surface area (TPSA) is 42.7 Å². The molecule has 0 atom stereocenters. The van der Waals surface area contributed by atoms with Crippen LogP contribution in [0.5, 0.6) is 0 Å². The largest absolute Gasteiger partial charge is 0.457 e. The molecule has 2 heterocycles. The van der Waals surface area contributed by atoms with E-state index in [1.807, 2.05) is 45.0 Å². The van der Waals surface area contributed by atoms with Gasteiger partial charge in [0.25, 0.3) is 0 Å². The first-order valence-electron chi connectivity index (χ1n) is 8.07. The quantitative estimate of drug-likeness (QED) is 0.756. The lowest BCUT2D eigenvalue weighted by Gasteiger charge is -2.30. The minimum absolute atomic E-state index is 0.222. The SMILES string of the molecule is CC(C)(C)OC(=O)N1CCC(=Cc2cc3ccccc3o2)CC1. The maximum atomic E-state index is 12.1. The van der Waals surface area contributed by atoms with Crippen LogP contribution in [-0.2, 0) is 4.74 Å². The van der Waals surface area contributed by atoms with E-state index in [1.54, 1.807) is 4.90 Å². The standard InChI is InChI=1S/C19H23NO3/c1-19(2,3)23-18(21)20-10-8-14(9-11-20)12-16-13-15-6-4-5-7-17(15)22-16/h4-7,12-13H,8-11H2,1-3H3.